The van der Waals surface area contributed by atoms with Gasteiger partial charge in [0.1, 0.15) is 0 Å². The third kappa shape index (κ3) is 18.5. The van der Waals surface area contributed by atoms with E-state index in [1.54, 1.807) is 30.7 Å². The van der Waals surface area contributed by atoms with Crippen LogP contribution in [0.3, 0.4) is 0 Å². The van der Waals surface area contributed by atoms with E-state index in [1.807, 2.05) is 12.1 Å². The van der Waals surface area contributed by atoms with Gasteiger partial charge in [-0.05, 0) is 42.5 Å². The second kappa shape index (κ2) is 20.9. The van der Waals surface area contributed by atoms with Gasteiger partial charge in [0.15, 0.2) is 6.29 Å². The molecule has 2 rings (SSSR count). The van der Waals surface area contributed by atoms with Crippen LogP contribution in [0, 0.1) is 18.8 Å². The zero-order valence-electron chi connectivity index (χ0n) is 17.6. The fourth-order valence-corrected chi connectivity index (χ4v) is 1.68. The smallest absolute Gasteiger partial charge is 1.00 e. The first-order valence-electron chi connectivity index (χ1n) is 9.13. The van der Waals surface area contributed by atoms with Gasteiger partial charge in [0.25, 0.3) is 0 Å². The molecule has 0 saturated heterocycles. The Kier molecular flexibility index (Phi) is 23.8. The normalized spacial score (nSPS) is 10.3. The van der Waals surface area contributed by atoms with Gasteiger partial charge in [-0.3, -0.25) is 14.8 Å². The van der Waals surface area contributed by atoms with Crippen LogP contribution in [-0.2, 0) is 0 Å². The van der Waals surface area contributed by atoms with Gasteiger partial charge < -0.3 is 29.0 Å². The Labute approximate surface area is 197 Å². The zero-order chi connectivity index (χ0) is 19.8. The van der Waals surface area contributed by atoms with Crippen molar-refractivity contribution in [2.45, 2.75) is 53.1 Å². The first kappa shape index (κ1) is 31.9. The predicted molar refractivity (Wildman–Crippen MR) is 113 cm³/mol. The molecule has 2 aromatic heterocycles. The molecule has 0 fully saturated rings. The summed E-state index contributed by atoms with van der Waals surface area (Å²) in [5.41, 5.74) is 1.54. The Balaban J connectivity index is -0.000000360. The van der Waals surface area contributed by atoms with Gasteiger partial charge in [-0.2, -0.15) is 6.42 Å². The molecule has 0 aliphatic rings. The van der Waals surface area contributed by atoms with Gasteiger partial charge in [-0.15, -0.1) is 0 Å². The minimum absolute atomic E-state index is 0. The molecule has 0 bridgehead atoms. The molecule has 2 heterocycles. The van der Waals surface area contributed by atoms with E-state index >= 15 is 0 Å². The minimum Gasteiger partial charge on any atom is -1.00 e. The Hall–Kier alpha value is -0.824. The van der Waals surface area contributed by atoms with Gasteiger partial charge in [0, 0.05) is 30.4 Å². The number of rotatable bonds is 6. The van der Waals surface area contributed by atoms with Crippen molar-refractivity contribution in [3.05, 3.63) is 67.1 Å². The van der Waals surface area contributed by atoms with Crippen LogP contribution in [0.1, 0.15) is 69.0 Å². The summed E-state index contributed by atoms with van der Waals surface area (Å²) in [6.07, 6.45) is 9.95. The Morgan fingerprint density at radius 1 is 1.00 bits per heavy atom. The van der Waals surface area contributed by atoms with Crippen LogP contribution in [0.5, 0.6) is 0 Å². The van der Waals surface area contributed by atoms with E-state index < -0.39 is 0 Å². The Morgan fingerprint density at radius 3 is 1.86 bits per heavy atom. The number of carbonyl (C=O) groups is 1. The molecular formula is C22H33BrMgN2O2. The van der Waals surface area contributed by atoms with Crippen molar-refractivity contribution in [3.8, 4) is 0 Å². The van der Waals surface area contributed by atoms with Gasteiger partial charge in [0.2, 0.25) is 0 Å². The summed E-state index contributed by atoms with van der Waals surface area (Å²) in [5, 5.41) is 9.73. The van der Waals surface area contributed by atoms with Crippen molar-refractivity contribution >= 4 is 29.3 Å². The number of aliphatic hydroxyl groups excluding tert-OH is 1. The van der Waals surface area contributed by atoms with Gasteiger partial charge in [-0.1, -0.05) is 39.7 Å². The number of hydrogen-bond donors (Lipinski definition) is 1. The first-order chi connectivity index (χ1) is 12.4. The van der Waals surface area contributed by atoms with Crippen LogP contribution >= 0.6 is 0 Å². The van der Waals surface area contributed by atoms with Gasteiger partial charge >= 0.3 is 23.1 Å². The molecule has 0 radical (unpaired) electrons. The zero-order valence-corrected chi connectivity index (χ0v) is 20.6. The van der Waals surface area contributed by atoms with Gasteiger partial charge in [0.05, 0.1) is 6.10 Å². The molecule has 2 aromatic rings. The fraction of sp³-hybridized carbons (Fsp3) is 0.455. The van der Waals surface area contributed by atoms with Crippen LogP contribution in [-0.4, -0.2) is 44.4 Å². The summed E-state index contributed by atoms with van der Waals surface area (Å²) >= 11 is 0. The second-order valence-corrected chi connectivity index (χ2v) is 6.86. The minimum atomic E-state index is -0.351. The number of aliphatic hydroxyl groups is 1. The summed E-state index contributed by atoms with van der Waals surface area (Å²) in [6, 6.07) is 7.20. The summed E-state index contributed by atoms with van der Waals surface area (Å²) in [5.74, 6) is 1.42. The van der Waals surface area contributed by atoms with Crippen LogP contribution < -0.4 is 17.0 Å². The number of aldehydes is 1. The van der Waals surface area contributed by atoms with Crippen molar-refractivity contribution in [1.82, 2.24) is 9.97 Å². The largest absolute Gasteiger partial charge is 2.00 e. The number of carbonyl (C=O) groups excluding carboxylic acids is 1. The molecule has 0 aliphatic heterocycles. The number of hydrogen-bond acceptors (Lipinski definition) is 4. The van der Waals surface area contributed by atoms with Crippen LogP contribution in [0.4, 0.5) is 0 Å². The van der Waals surface area contributed by atoms with E-state index in [4.69, 9.17) is 0 Å². The van der Waals surface area contributed by atoms with Crippen LogP contribution in [0.15, 0.2) is 49.1 Å². The molecule has 1 N–H and O–H groups in total. The van der Waals surface area contributed by atoms with Crippen LogP contribution in [0.2, 0.25) is 0 Å². The van der Waals surface area contributed by atoms with Crippen molar-refractivity contribution < 1.29 is 26.9 Å². The van der Waals surface area contributed by atoms with Crippen molar-refractivity contribution in [2.24, 2.45) is 11.8 Å². The second-order valence-electron chi connectivity index (χ2n) is 6.86. The third-order valence-corrected chi connectivity index (χ3v) is 3.48. The molecule has 4 nitrogen and oxygen atoms in total. The molecule has 1 atom stereocenters. The molecule has 0 saturated carbocycles. The SMILES string of the molecule is CC(C)CCC(O)c1cccnc1.O=Cc1cccnc1.[Br-].[CH2-]CC(C)C.[Mg+2]. The molecular weight excluding hydrogens is 428 g/mol. The number of halogens is 1. The summed E-state index contributed by atoms with van der Waals surface area (Å²) in [4.78, 5) is 17.7. The molecule has 0 spiro atoms. The van der Waals surface area contributed by atoms with Crippen molar-refractivity contribution in [1.29, 1.82) is 0 Å². The molecule has 0 aromatic carbocycles. The summed E-state index contributed by atoms with van der Waals surface area (Å²) in [7, 11) is 0. The number of aromatic nitrogens is 2. The molecule has 28 heavy (non-hydrogen) atoms. The maximum absolute atomic E-state index is 9.97. The maximum atomic E-state index is 9.97. The number of nitrogens with zero attached hydrogens (tertiary/aromatic N) is 2. The molecule has 0 amide bonds. The fourth-order valence-electron chi connectivity index (χ4n) is 1.68. The third-order valence-electron chi connectivity index (χ3n) is 3.48. The van der Waals surface area contributed by atoms with E-state index in [9.17, 15) is 9.90 Å². The van der Waals surface area contributed by atoms with E-state index in [2.05, 4.69) is 44.6 Å². The van der Waals surface area contributed by atoms with Crippen molar-refractivity contribution in [3.63, 3.8) is 0 Å². The Bertz CT molecular complexity index is 569. The van der Waals surface area contributed by atoms with E-state index in [-0.39, 0.29) is 46.1 Å². The van der Waals surface area contributed by atoms with Crippen LogP contribution in [0.25, 0.3) is 0 Å². The molecule has 1 unspecified atom stereocenters. The van der Waals surface area contributed by atoms with Gasteiger partial charge in [-0.25, -0.2) is 0 Å². The maximum Gasteiger partial charge on any atom is 2.00 e. The molecule has 152 valence electrons. The topological polar surface area (TPSA) is 63.1 Å². The first-order valence-corrected chi connectivity index (χ1v) is 9.13. The predicted octanol–water partition coefficient (Wildman–Crippen LogP) is 1.94. The summed E-state index contributed by atoms with van der Waals surface area (Å²) < 4.78 is 0. The summed E-state index contributed by atoms with van der Waals surface area (Å²) in [6.45, 7) is 12.3. The Morgan fingerprint density at radius 2 is 1.54 bits per heavy atom. The average Bonchev–Trinajstić information content (AvgIpc) is 2.68. The monoisotopic (exact) mass is 460 g/mol. The van der Waals surface area contributed by atoms with Crippen molar-refractivity contribution in [2.75, 3.05) is 0 Å². The van der Waals surface area contributed by atoms with E-state index in [0.29, 0.717) is 11.5 Å². The standard InChI is InChI=1S/C11H17NO.C6H5NO.C5H11.BrH.Mg/c1-9(2)5-6-11(13)10-4-3-7-12-8-10;8-5-6-2-1-3-7-4-6;1-4-5(2)3;;/h3-4,7-9,11,13H,5-6H2,1-2H3;1-5H;5H,1,4H2,2-3H3;1H;/q;;-1;;+2/p-1. The molecule has 0 aliphatic carbocycles. The van der Waals surface area contributed by atoms with E-state index in [1.165, 1.54) is 6.20 Å². The molecule has 6 heteroatoms. The number of pyridine rings is 2. The van der Waals surface area contributed by atoms with E-state index in [0.717, 1.165) is 37.0 Å². The average molecular weight is 462 g/mol. The quantitative estimate of drug-likeness (QED) is 0.406.